The number of nitrogens with one attached hydrogen (secondary N) is 2. The molecule has 1 fully saturated rings. The van der Waals surface area contributed by atoms with E-state index in [4.69, 9.17) is 10.2 Å². The Morgan fingerprint density at radius 2 is 2.10 bits per heavy atom. The Bertz CT molecular complexity index is 923. The molecule has 0 radical (unpaired) electrons. The Hall–Kier alpha value is -3.14. The van der Waals surface area contributed by atoms with Crippen molar-refractivity contribution in [1.29, 1.82) is 5.26 Å². The summed E-state index contributed by atoms with van der Waals surface area (Å²) >= 11 is 0. The van der Waals surface area contributed by atoms with Gasteiger partial charge in [-0.3, -0.25) is 4.79 Å². The fourth-order valence-corrected chi connectivity index (χ4v) is 3.80. The van der Waals surface area contributed by atoms with Crippen LogP contribution in [0, 0.1) is 11.3 Å². The van der Waals surface area contributed by atoms with E-state index in [0.29, 0.717) is 17.9 Å². The number of carbonyl (C=O) groups is 1. The Labute approximate surface area is 184 Å². The molecule has 7 nitrogen and oxygen atoms in total. The molecule has 1 atom stereocenters. The summed E-state index contributed by atoms with van der Waals surface area (Å²) in [6.07, 6.45) is 6.55. The first-order valence-electron chi connectivity index (χ1n) is 11.3. The van der Waals surface area contributed by atoms with E-state index in [1.54, 1.807) is 12.1 Å². The van der Waals surface area contributed by atoms with Gasteiger partial charge in [-0.2, -0.15) is 10.2 Å². The maximum absolute atomic E-state index is 12.2. The van der Waals surface area contributed by atoms with Gasteiger partial charge in [-0.1, -0.05) is 39.2 Å². The van der Waals surface area contributed by atoms with Gasteiger partial charge in [-0.25, -0.2) is 4.98 Å². The van der Waals surface area contributed by atoms with Gasteiger partial charge in [0.1, 0.15) is 5.82 Å². The number of anilines is 3. The summed E-state index contributed by atoms with van der Waals surface area (Å²) in [6.45, 7) is 5.88. The first-order valence-corrected chi connectivity index (χ1v) is 11.3. The molecule has 2 N–H and O–H groups in total. The smallest absolute Gasteiger partial charge is 0.229 e. The number of nitrogens with zero attached hydrogens (tertiary/aromatic N) is 4. The molecule has 1 unspecified atom stereocenters. The molecule has 1 saturated heterocycles. The molecule has 0 saturated carbocycles. The summed E-state index contributed by atoms with van der Waals surface area (Å²) in [5.41, 5.74) is 2.36. The lowest BCUT2D eigenvalue weighted by Crippen LogP contribution is -2.37. The number of aryl methyl sites for hydroxylation is 1. The molecule has 1 aromatic heterocycles. The standard InChI is InChI=1S/C24H32N6O/c1-3-5-6-11-23(31)26-21-12-13-30(17-21)22-15-19(8-4-2)27-24(29-22)28-20-10-7-9-18(14-20)16-25/h7,9-10,14-15,21H,3-6,8,11-13,17H2,1-2H3,(H,26,31)(H,27,28,29). The van der Waals surface area contributed by atoms with Crippen LogP contribution in [0.25, 0.3) is 0 Å². The molecule has 0 spiro atoms. The molecule has 31 heavy (non-hydrogen) atoms. The van der Waals surface area contributed by atoms with Crippen LogP contribution < -0.4 is 15.5 Å². The van der Waals surface area contributed by atoms with Gasteiger partial charge >= 0.3 is 0 Å². The van der Waals surface area contributed by atoms with Gasteiger partial charge in [0.15, 0.2) is 0 Å². The van der Waals surface area contributed by atoms with Crippen molar-refractivity contribution in [3.05, 3.63) is 41.6 Å². The lowest BCUT2D eigenvalue weighted by atomic mass is 10.2. The summed E-state index contributed by atoms with van der Waals surface area (Å²) in [6, 6.07) is 11.7. The molecule has 164 valence electrons. The zero-order valence-corrected chi connectivity index (χ0v) is 18.5. The molecule has 1 aromatic carbocycles. The number of benzene rings is 1. The second-order valence-electron chi connectivity index (χ2n) is 8.06. The Morgan fingerprint density at radius 3 is 2.87 bits per heavy atom. The van der Waals surface area contributed by atoms with Crippen molar-refractivity contribution in [2.45, 2.75) is 64.8 Å². The van der Waals surface area contributed by atoms with Gasteiger partial charge in [0.25, 0.3) is 0 Å². The van der Waals surface area contributed by atoms with Crippen LogP contribution in [-0.2, 0) is 11.2 Å². The fraction of sp³-hybridized carbons (Fsp3) is 0.500. The largest absolute Gasteiger partial charge is 0.354 e. The number of unbranched alkanes of at least 4 members (excludes halogenated alkanes) is 2. The van der Waals surface area contributed by atoms with Crippen LogP contribution in [0.1, 0.15) is 63.6 Å². The van der Waals surface area contributed by atoms with Gasteiger partial charge in [0.2, 0.25) is 11.9 Å². The van der Waals surface area contributed by atoms with Crippen molar-refractivity contribution in [3.63, 3.8) is 0 Å². The first kappa shape index (κ1) is 22.5. The van der Waals surface area contributed by atoms with Crippen LogP contribution in [0.3, 0.4) is 0 Å². The molecule has 1 aliphatic rings. The maximum Gasteiger partial charge on any atom is 0.229 e. The number of carbonyl (C=O) groups excluding carboxylic acids is 1. The average molecular weight is 421 g/mol. The summed E-state index contributed by atoms with van der Waals surface area (Å²) in [7, 11) is 0. The van der Waals surface area contributed by atoms with Gasteiger partial charge in [0, 0.05) is 43.0 Å². The van der Waals surface area contributed by atoms with E-state index < -0.39 is 0 Å². The summed E-state index contributed by atoms with van der Waals surface area (Å²) in [5.74, 6) is 1.55. The normalized spacial score (nSPS) is 15.5. The number of hydrogen-bond donors (Lipinski definition) is 2. The third-order valence-electron chi connectivity index (χ3n) is 5.40. The zero-order chi connectivity index (χ0) is 22.1. The highest BCUT2D eigenvalue weighted by molar-refractivity contribution is 5.76. The predicted molar refractivity (Wildman–Crippen MR) is 123 cm³/mol. The van der Waals surface area contributed by atoms with Gasteiger partial charge < -0.3 is 15.5 Å². The van der Waals surface area contributed by atoms with Crippen LogP contribution in [0.4, 0.5) is 17.5 Å². The lowest BCUT2D eigenvalue weighted by Gasteiger charge is -2.20. The maximum atomic E-state index is 12.2. The van der Waals surface area contributed by atoms with E-state index in [1.165, 1.54) is 0 Å². The van der Waals surface area contributed by atoms with Crippen LogP contribution in [0.2, 0.25) is 0 Å². The highest BCUT2D eigenvalue weighted by atomic mass is 16.1. The van der Waals surface area contributed by atoms with Crippen LogP contribution in [0.15, 0.2) is 30.3 Å². The highest BCUT2D eigenvalue weighted by Gasteiger charge is 2.25. The van der Waals surface area contributed by atoms with Crippen LogP contribution in [-0.4, -0.2) is 35.0 Å². The molecule has 2 heterocycles. The van der Waals surface area contributed by atoms with E-state index >= 15 is 0 Å². The minimum absolute atomic E-state index is 0.148. The van der Waals surface area contributed by atoms with Gasteiger partial charge in [-0.05, 0) is 37.5 Å². The lowest BCUT2D eigenvalue weighted by molar-refractivity contribution is -0.121. The van der Waals surface area contributed by atoms with Gasteiger partial charge in [-0.15, -0.1) is 0 Å². The topological polar surface area (TPSA) is 93.9 Å². The van der Waals surface area contributed by atoms with E-state index in [-0.39, 0.29) is 11.9 Å². The molecular formula is C24H32N6O. The van der Waals surface area contributed by atoms with E-state index in [9.17, 15) is 4.79 Å². The fourth-order valence-electron chi connectivity index (χ4n) is 3.80. The van der Waals surface area contributed by atoms with E-state index in [1.807, 2.05) is 18.2 Å². The zero-order valence-electron chi connectivity index (χ0n) is 18.5. The first-order chi connectivity index (χ1) is 15.1. The van der Waals surface area contributed by atoms with Crippen molar-refractivity contribution >= 4 is 23.4 Å². The Kier molecular flexibility index (Phi) is 8.22. The van der Waals surface area contributed by atoms with Crippen molar-refractivity contribution in [2.24, 2.45) is 0 Å². The third kappa shape index (κ3) is 6.68. The molecule has 3 rings (SSSR count). The number of hydrogen-bond acceptors (Lipinski definition) is 6. The van der Waals surface area contributed by atoms with Gasteiger partial charge in [0.05, 0.1) is 11.6 Å². The highest BCUT2D eigenvalue weighted by Crippen LogP contribution is 2.23. The number of rotatable bonds is 10. The molecule has 7 heteroatoms. The van der Waals surface area contributed by atoms with E-state index in [2.05, 4.69) is 40.4 Å². The molecule has 1 aliphatic heterocycles. The van der Waals surface area contributed by atoms with Crippen molar-refractivity contribution in [2.75, 3.05) is 23.3 Å². The molecule has 2 aromatic rings. The summed E-state index contributed by atoms with van der Waals surface area (Å²) in [4.78, 5) is 23.8. The molecule has 0 bridgehead atoms. The minimum atomic E-state index is 0.148. The average Bonchev–Trinajstić information content (AvgIpc) is 3.22. The third-order valence-corrected chi connectivity index (χ3v) is 5.40. The van der Waals surface area contributed by atoms with Crippen molar-refractivity contribution in [1.82, 2.24) is 15.3 Å². The Balaban J connectivity index is 1.69. The SMILES string of the molecule is CCCCCC(=O)NC1CCN(c2cc(CCC)nc(Nc3cccc(C#N)c3)n2)C1. The monoisotopic (exact) mass is 420 g/mol. The second-order valence-corrected chi connectivity index (χ2v) is 8.06. The quantitative estimate of drug-likeness (QED) is 0.556. The van der Waals surface area contributed by atoms with Crippen LogP contribution >= 0.6 is 0 Å². The number of amides is 1. The minimum Gasteiger partial charge on any atom is -0.354 e. The molecular weight excluding hydrogens is 388 g/mol. The predicted octanol–water partition coefficient (Wildman–Crippen LogP) is 4.32. The second kappa shape index (κ2) is 11.3. The molecule has 1 amide bonds. The van der Waals surface area contributed by atoms with Crippen molar-refractivity contribution in [3.8, 4) is 6.07 Å². The molecule has 0 aliphatic carbocycles. The van der Waals surface area contributed by atoms with Crippen molar-refractivity contribution < 1.29 is 4.79 Å². The van der Waals surface area contributed by atoms with E-state index in [0.717, 1.165) is 68.8 Å². The number of nitriles is 1. The van der Waals surface area contributed by atoms with Crippen LogP contribution in [0.5, 0.6) is 0 Å². The Morgan fingerprint density at radius 1 is 1.23 bits per heavy atom. The number of aromatic nitrogens is 2. The summed E-state index contributed by atoms with van der Waals surface area (Å²) < 4.78 is 0. The summed E-state index contributed by atoms with van der Waals surface area (Å²) in [5, 5.41) is 15.5.